The van der Waals surface area contributed by atoms with Crippen LogP contribution in [0.15, 0.2) is 41.9 Å². The monoisotopic (exact) mass is 302 g/mol. The van der Waals surface area contributed by atoms with Gasteiger partial charge in [-0.05, 0) is 41.1 Å². The third kappa shape index (κ3) is 2.56. The minimum absolute atomic E-state index is 0.122. The number of amides is 1. The van der Waals surface area contributed by atoms with Crippen molar-refractivity contribution in [3.05, 3.63) is 53.3 Å². The Morgan fingerprint density at radius 2 is 2.14 bits per heavy atom. The van der Waals surface area contributed by atoms with Crippen LogP contribution in [0.1, 0.15) is 10.4 Å². The Morgan fingerprint density at radius 1 is 1.29 bits per heavy atom. The number of nitrogens with one attached hydrogen (secondary N) is 2. The Bertz CT molecular complexity index is 818. The van der Waals surface area contributed by atoms with Crippen molar-refractivity contribution in [2.45, 2.75) is 0 Å². The molecule has 0 aliphatic carbocycles. The van der Waals surface area contributed by atoms with Crippen LogP contribution in [0.5, 0.6) is 0 Å². The highest BCUT2D eigenvalue weighted by Gasteiger charge is 2.15. The maximum Gasteiger partial charge on any atom is 0.258 e. The van der Waals surface area contributed by atoms with Gasteiger partial charge in [0.1, 0.15) is 0 Å². The number of hydrogen-bond acceptors (Lipinski definition) is 5. The molecule has 7 heteroatoms. The molecule has 21 heavy (non-hydrogen) atoms. The summed E-state index contributed by atoms with van der Waals surface area (Å²) in [5.74, 6) is 3.63. The Hall–Kier alpha value is -2.51. The Morgan fingerprint density at radius 3 is 2.95 bits per heavy atom. The third-order valence-corrected chi connectivity index (χ3v) is 3.88. The number of carbonyl (C=O) groups is 1. The molecule has 3 aromatic rings. The second-order valence-electron chi connectivity index (χ2n) is 4.29. The minimum Gasteiger partial charge on any atom is -0.322 e. The molecule has 0 aliphatic heterocycles. The lowest BCUT2D eigenvalue weighted by molar-refractivity contribution is 0.102. The minimum atomic E-state index is -0.783. The number of carbonyl (C=O) groups excluding carboxylic acids is 1. The molecule has 1 amide bonds. The molecule has 0 spiro atoms. The van der Waals surface area contributed by atoms with Gasteiger partial charge < -0.3 is 10.7 Å². The van der Waals surface area contributed by atoms with Crippen LogP contribution >= 0.6 is 11.3 Å². The van der Waals surface area contributed by atoms with Crippen molar-refractivity contribution < 1.29 is 9.18 Å². The van der Waals surface area contributed by atoms with Crippen LogP contribution in [0, 0.1) is 5.82 Å². The van der Waals surface area contributed by atoms with E-state index in [1.807, 2.05) is 23.6 Å². The van der Waals surface area contributed by atoms with Gasteiger partial charge in [-0.25, -0.2) is 15.2 Å². The number of nitrogens with two attached hydrogens (primary N) is 1. The van der Waals surface area contributed by atoms with Crippen molar-refractivity contribution in [3.63, 3.8) is 0 Å². The molecule has 0 bridgehead atoms. The fraction of sp³-hybridized carbons (Fsp3) is 0. The SMILES string of the molecule is NNc1nccc(C(=O)Nc2ccc3sccc3c2)c1F. The molecule has 2 heterocycles. The number of nitrogens with zero attached hydrogens (tertiary/aromatic N) is 1. The van der Waals surface area contributed by atoms with Crippen LogP contribution in [0.3, 0.4) is 0 Å². The van der Waals surface area contributed by atoms with Crippen LogP contribution in [0.2, 0.25) is 0 Å². The Labute approximate surface area is 123 Å². The van der Waals surface area contributed by atoms with Gasteiger partial charge in [-0.15, -0.1) is 11.3 Å². The highest BCUT2D eigenvalue weighted by atomic mass is 32.1. The first-order valence-electron chi connectivity index (χ1n) is 6.09. The van der Waals surface area contributed by atoms with E-state index in [1.54, 1.807) is 17.4 Å². The van der Waals surface area contributed by atoms with Gasteiger partial charge in [0.05, 0.1) is 5.56 Å². The third-order valence-electron chi connectivity index (χ3n) is 2.98. The Kier molecular flexibility index (Phi) is 3.51. The first-order chi connectivity index (χ1) is 10.2. The number of hydrogen-bond donors (Lipinski definition) is 3. The average molecular weight is 302 g/mol. The fourth-order valence-corrected chi connectivity index (χ4v) is 2.73. The largest absolute Gasteiger partial charge is 0.322 e. The average Bonchev–Trinajstić information content (AvgIpc) is 2.95. The molecule has 0 saturated carbocycles. The number of benzene rings is 1. The smallest absolute Gasteiger partial charge is 0.258 e. The maximum atomic E-state index is 14.0. The quantitative estimate of drug-likeness (QED) is 0.513. The zero-order valence-electron chi connectivity index (χ0n) is 10.8. The van der Waals surface area contributed by atoms with E-state index < -0.39 is 11.7 Å². The van der Waals surface area contributed by atoms with Crippen LogP contribution in [0.25, 0.3) is 10.1 Å². The number of halogens is 1. The molecular formula is C14H11FN4OS. The maximum absolute atomic E-state index is 14.0. The molecule has 0 unspecified atom stereocenters. The molecule has 106 valence electrons. The first-order valence-corrected chi connectivity index (χ1v) is 6.97. The highest BCUT2D eigenvalue weighted by Crippen LogP contribution is 2.24. The normalized spacial score (nSPS) is 10.6. The number of nitrogen functional groups attached to an aromatic ring is 1. The lowest BCUT2D eigenvalue weighted by atomic mass is 10.2. The summed E-state index contributed by atoms with van der Waals surface area (Å²) < 4.78 is 15.1. The molecule has 0 atom stereocenters. The van der Waals surface area contributed by atoms with Gasteiger partial charge in [0.25, 0.3) is 5.91 Å². The van der Waals surface area contributed by atoms with E-state index in [4.69, 9.17) is 5.84 Å². The topological polar surface area (TPSA) is 80.0 Å². The van der Waals surface area contributed by atoms with Crippen LogP contribution in [-0.2, 0) is 0 Å². The number of anilines is 2. The van der Waals surface area contributed by atoms with E-state index in [2.05, 4.69) is 15.7 Å². The lowest BCUT2D eigenvalue weighted by Gasteiger charge is -2.08. The molecule has 5 nitrogen and oxygen atoms in total. The highest BCUT2D eigenvalue weighted by molar-refractivity contribution is 7.17. The van der Waals surface area contributed by atoms with Gasteiger partial charge in [-0.2, -0.15) is 0 Å². The van der Waals surface area contributed by atoms with Gasteiger partial charge >= 0.3 is 0 Å². The zero-order valence-corrected chi connectivity index (χ0v) is 11.6. The number of thiophene rings is 1. The summed E-state index contributed by atoms with van der Waals surface area (Å²) in [5.41, 5.74) is 2.59. The standard InChI is InChI=1S/C14H11FN4OS/c15-12-10(3-5-17-13(12)19-16)14(20)18-9-1-2-11-8(7-9)4-6-21-11/h1-7H,16H2,(H,17,19)(H,18,20). The van der Waals surface area contributed by atoms with Crippen molar-refractivity contribution in [1.82, 2.24) is 4.98 Å². The number of aromatic nitrogens is 1. The predicted octanol–water partition coefficient (Wildman–Crippen LogP) is 2.97. The van der Waals surface area contributed by atoms with E-state index in [1.165, 1.54) is 12.3 Å². The number of fused-ring (bicyclic) bond motifs is 1. The summed E-state index contributed by atoms with van der Waals surface area (Å²) in [5, 5.41) is 5.66. The van der Waals surface area contributed by atoms with Crippen molar-refractivity contribution in [1.29, 1.82) is 0 Å². The van der Waals surface area contributed by atoms with Crippen LogP contribution < -0.4 is 16.6 Å². The number of pyridine rings is 1. The number of hydrazine groups is 1. The summed E-state index contributed by atoms with van der Waals surface area (Å²) in [6, 6.07) is 8.78. The van der Waals surface area contributed by atoms with E-state index in [-0.39, 0.29) is 11.4 Å². The summed E-state index contributed by atoms with van der Waals surface area (Å²) >= 11 is 1.62. The molecule has 1 aromatic carbocycles. The summed E-state index contributed by atoms with van der Waals surface area (Å²) in [4.78, 5) is 15.8. The predicted molar refractivity (Wildman–Crippen MR) is 81.8 cm³/mol. The molecule has 3 rings (SSSR count). The molecule has 4 N–H and O–H groups in total. The Balaban J connectivity index is 1.89. The molecule has 0 saturated heterocycles. The fourth-order valence-electron chi connectivity index (χ4n) is 1.96. The van der Waals surface area contributed by atoms with Gasteiger partial charge in [0.2, 0.25) is 0 Å². The van der Waals surface area contributed by atoms with Crippen molar-refractivity contribution >= 4 is 38.8 Å². The first kappa shape index (κ1) is 13.5. The van der Waals surface area contributed by atoms with Gasteiger partial charge in [-0.1, -0.05) is 0 Å². The zero-order chi connectivity index (χ0) is 14.8. The van der Waals surface area contributed by atoms with Crippen molar-refractivity contribution in [3.8, 4) is 0 Å². The second kappa shape index (κ2) is 5.47. The van der Waals surface area contributed by atoms with Gasteiger partial charge in [-0.3, -0.25) is 4.79 Å². The number of rotatable bonds is 3. The van der Waals surface area contributed by atoms with Crippen molar-refractivity contribution in [2.75, 3.05) is 10.7 Å². The molecule has 2 aromatic heterocycles. The van der Waals surface area contributed by atoms with E-state index in [0.717, 1.165) is 10.1 Å². The summed E-state index contributed by atoms with van der Waals surface area (Å²) in [6.07, 6.45) is 1.31. The van der Waals surface area contributed by atoms with Crippen LogP contribution in [-0.4, -0.2) is 10.9 Å². The van der Waals surface area contributed by atoms with Gasteiger partial charge in [0, 0.05) is 16.6 Å². The van der Waals surface area contributed by atoms with E-state index in [0.29, 0.717) is 5.69 Å². The lowest BCUT2D eigenvalue weighted by Crippen LogP contribution is -2.17. The molecule has 0 aliphatic rings. The molecular weight excluding hydrogens is 291 g/mol. The molecule has 0 radical (unpaired) electrons. The van der Waals surface area contributed by atoms with Crippen LogP contribution in [0.4, 0.5) is 15.9 Å². The van der Waals surface area contributed by atoms with E-state index in [9.17, 15) is 9.18 Å². The summed E-state index contributed by atoms with van der Waals surface area (Å²) in [7, 11) is 0. The molecule has 0 fully saturated rings. The second-order valence-corrected chi connectivity index (χ2v) is 5.24. The van der Waals surface area contributed by atoms with Crippen molar-refractivity contribution in [2.24, 2.45) is 5.84 Å². The van der Waals surface area contributed by atoms with Gasteiger partial charge in [0.15, 0.2) is 11.6 Å². The van der Waals surface area contributed by atoms with E-state index >= 15 is 0 Å². The summed E-state index contributed by atoms with van der Waals surface area (Å²) in [6.45, 7) is 0.